The van der Waals surface area contributed by atoms with Crippen molar-refractivity contribution in [3.05, 3.63) is 11.9 Å². The maximum Gasteiger partial charge on any atom is 0.243 e. The van der Waals surface area contributed by atoms with E-state index in [0.717, 1.165) is 6.42 Å². The van der Waals surface area contributed by atoms with Crippen molar-refractivity contribution in [3.63, 3.8) is 0 Å². The van der Waals surface area contributed by atoms with Crippen molar-refractivity contribution in [1.82, 2.24) is 14.9 Å². The number of rotatable bonds is 4. The number of aromatic nitrogens is 2. The van der Waals surface area contributed by atoms with Crippen LogP contribution in [0.3, 0.4) is 0 Å². The minimum atomic E-state index is -3.41. The number of sulfonamides is 1. The number of nitrogens with one attached hydrogen (secondary N) is 2. The van der Waals surface area contributed by atoms with Crippen molar-refractivity contribution in [1.29, 1.82) is 0 Å². The minimum Gasteiger partial charge on any atom is -0.281 e. The van der Waals surface area contributed by atoms with E-state index in [1.807, 2.05) is 0 Å². The molecule has 6 heteroatoms. The molecule has 1 aromatic rings. The number of nitrogens with zero attached hydrogens (tertiary/aromatic N) is 1. The van der Waals surface area contributed by atoms with Gasteiger partial charge in [-0.2, -0.15) is 5.10 Å². The van der Waals surface area contributed by atoms with Crippen molar-refractivity contribution in [2.24, 2.45) is 11.8 Å². The van der Waals surface area contributed by atoms with Gasteiger partial charge in [-0.25, -0.2) is 13.1 Å². The Balaban J connectivity index is 1.99. The van der Waals surface area contributed by atoms with Gasteiger partial charge in [0.1, 0.15) is 4.90 Å². The molecule has 1 saturated carbocycles. The van der Waals surface area contributed by atoms with Gasteiger partial charge in [-0.15, -0.1) is 0 Å². The first-order valence-corrected chi connectivity index (χ1v) is 7.98. The van der Waals surface area contributed by atoms with Crippen molar-refractivity contribution in [3.8, 4) is 0 Å². The summed E-state index contributed by atoms with van der Waals surface area (Å²) in [5.41, 5.74) is 0.583. The van der Waals surface area contributed by atoms with Gasteiger partial charge in [-0.1, -0.05) is 26.2 Å². The van der Waals surface area contributed by atoms with Crippen LogP contribution in [0.4, 0.5) is 0 Å². The van der Waals surface area contributed by atoms with Gasteiger partial charge in [0.2, 0.25) is 10.0 Å². The fraction of sp³-hybridized carbons (Fsp3) is 0.750. The quantitative estimate of drug-likeness (QED) is 0.877. The zero-order valence-corrected chi connectivity index (χ0v) is 11.8. The molecule has 1 fully saturated rings. The van der Waals surface area contributed by atoms with Gasteiger partial charge in [-0.05, 0) is 25.2 Å². The second kappa shape index (κ2) is 5.40. The average molecular weight is 271 g/mol. The highest BCUT2D eigenvalue weighted by molar-refractivity contribution is 7.89. The van der Waals surface area contributed by atoms with E-state index in [1.165, 1.54) is 25.5 Å². The van der Waals surface area contributed by atoms with Crippen LogP contribution in [0.2, 0.25) is 0 Å². The first-order valence-electron chi connectivity index (χ1n) is 6.50. The van der Waals surface area contributed by atoms with Gasteiger partial charge in [0.05, 0.1) is 11.9 Å². The van der Waals surface area contributed by atoms with Gasteiger partial charge < -0.3 is 0 Å². The maximum absolute atomic E-state index is 12.1. The predicted octanol–water partition coefficient (Wildman–Crippen LogP) is 1.82. The smallest absolute Gasteiger partial charge is 0.243 e. The van der Waals surface area contributed by atoms with E-state index in [4.69, 9.17) is 0 Å². The van der Waals surface area contributed by atoms with Crippen molar-refractivity contribution in [2.45, 2.75) is 44.4 Å². The van der Waals surface area contributed by atoms with Crippen molar-refractivity contribution in [2.75, 3.05) is 6.54 Å². The number of hydrogen-bond acceptors (Lipinski definition) is 3. The van der Waals surface area contributed by atoms with E-state index < -0.39 is 10.0 Å². The summed E-state index contributed by atoms with van der Waals surface area (Å²) in [6, 6.07) is 0. The van der Waals surface area contributed by atoms with E-state index in [2.05, 4.69) is 21.8 Å². The number of aryl methyl sites for hydroxylation is 1. The summed E-state index contributed by atoms with van der Waals surface area (Å²) in [7, 11) is -3.41. The van der Waals surface area contributed by atoms with Crippen LogP contribution in [0.1, 0.15) is 38.3 Å². The topological polar surface area (TPSA) is 74.8 Å². The highest BCUT2D eigenvalue weighted by Crippen LogP contribution is 2.29. The highest BCUT2D eigenvalue weighted by atomic mass is 32.2. The lowest BCUT2D eigenvalue weighted by atomic mass is 9.81. The Hall–Kier alpha value is -0.880. The average Bonchev–Trinajstić information content (AvgIpc) is 2.75. The molecule has 1 aliphatic rings. The molecule has 0 saturated heterocycles. The molecular weight excluding hydrogens is 250 g/mol. The second-order valence-electron chi connectivity index (χ2n) is 5.23. The molecule has 2 atom stereocenters. The lowest BCUT2D eigenvalue weighted by Gasteiger charge is -2.28. The SMILES string of the molecule is Cc1[nH]ncc1S(=O)(=O)NCC1CCCCC1C. The van der Waals surface area contributed by atoms with Crippen LogP contribution in [-0.2, 0) is 10.0 Å². The number of aromatic amines is 1. The fourth-order valence-corrected chi connectivity index (χ4v) is 3.83. The third-order valence-electron chi connectivity index (χ3n) is 3.90. The van der Waals surface area contributed by atoms with Crippen LogP contribution in [0, 0.1) is 18.8 Å². The van der Waals surface area contributed by atoms with Gasteiger partial charge in [0.25, 0.3) is 0 Å². The molecule has 102 valence electrons. The van der Waals surface area contributed by atoms with Gasteiger partial charge >= 0.3 is 0 Å². The number of hydrogen-bond donors (Lipinski definition) is 2. The molecule has 18 heavy (non-hydrogen) atoms. The summed E-state index contributed by atoms with van der Waals surface area (Å²) in [6.07, 6.45) is 6.17. The summed E-state index contributed by atoms with van der Waals surface area (Å²) in [6.45, 7) is 4.46. The molecule has 5 nitrogen and oxygen atoms in total. The monoisotopic (exact) mass is 271 g/mol. The van der Waals surface area contributed by atoms with E-state index in [1.54, 1.807) is 6.92 Å². The zero-order chi connectivity index (χ0) is 13.2. The van der Waals surface area contributed by atoms with Crippen LogP contribution in [0.5, 0.6) is 0 Å². The Bertz CT molecular complexity index is 495. The van der Waals surface area contributed by atoms with Gasteiger partial charge in [0.15, 0.2) is 0 Å². The molecule has 1 aliphatic carbocycles. The molecule has 0 spiro atoms. The van der Waals surface area contributed by atoms with Crippen LogP contribution in [0.25, 0.3) is 0 Å². The van der Waals surface area contributed by atoms with Crippen molar-refractivity contribution < 1.29 is 8.42 Å². The summed E-state index contributed by atoms with van der Waals surface area (Å²) >= 11 is 0. The second-order valence-corrected chi connectivity index (χ2v) is 6.97. The molecule has 2 unspecified atom stereocenters. The molecule has 2 N–H and O–H groups in total. The van der Waals surface area contributed by atoms with Gasteiger partial charge in [0, 0.05) is 6.54 Å². The van der Waals surface area contributed by atoms with Crippen LogP contribution >= 0.6 is 0 Å². The lowest BCUT2D eigenvalue weighted by Crippen LogP contribution is -2.33. The van der Waals surface area contributed by atoms with E-state index in [0.29, 0.717) is 24.1 Å². The number of H-pyrrole nitrogens is 1. The molecule has 0 amide bonds. The predicted molar refractivity (Wildman–Crippen MR) is 69.6 cm³/mol. The Labute approximate surface area is 108 Å². The molecule has 0 radical (unpaired) electrons. The third-order valence-corrected chi connectivity index (χ3v) is 5.44. The van der Waals surface area contributed by atoms with Crippen molar-refractivity contribution >= 4 is 10.0 Å². The lowest BCUT2D eigenvalue weighted by molar-refractivity contribution is 0.257. The third kappa shape index (κ3) is 2.92. The summed E-state index contributed by atoms with van der Waals surface area (Å²) in [5.74, 6) is 1.06. The highest BCUT2D eigenvalue weighted by Gasteiger charge is 2.24. The standard InChI is InChI=1S/C12H21N3O2S/c1-9-5-3-4-6-11(9)7-14-18(16,17)12-8-13-15-10(12)2/h8-9,11,14H,3-7H2,1-2H3,(H,13,15). The summed E-state index contributed by atoms with van der Waals surface area (Å²) in [5, 5.41) is 6.41. The normalized spacial score (nSPS) is 25.2. The van der Waals surface area contributed by atoms with E-state index in [9.17, 15) is 8.42 Å². The Morgan fingerprint density at radius 2 is 2.17 bits per heavy atom. The van der Waals surface area contributed by atoms with Crippen LogP contribution in [0.15, 0.2) is 11.1 Å². The summed E-state index contributed by atoms with van der Waals surface area (Å²) in [4.78, 5) is 0.256. The van der Waals surface area contributed by atoms with E-state index in [-0.39, 0.29) is 4.90 Å². The largest absolute Gasteiger partial charge is 0.281 e. The zero-order valence-electron chi connectivity index (χ0n) is 10.9. The molecule has 0 aromatic carbocycles. The Kier molecular flexibility index (Phi) is 4.07. The first-order chi connectivity index (χ1) is 8.50. The summed E-state index contributed by atoms with van der Waals surface area (Å²) < 4.78 is 26.9. The molecule has 1 aromatic heterocycles. The minimum absolute atomic E-state index is 0.256. The first kappa shape index (κ1) is 13.5. The molecule has 0 bridgehead atoms. The van der Waals surface area contributed by atoms with E-state index >= 15 is 0 Å². The maximum atomic E-state index is 12.1. The molecule has 0 aliphatic heterocycles. The molecule has 1 heterocycles. The fourth-order valence-electron chi connectivity index (χ4n) is 2.60. The van der Waals surface area contributed by atoms with Gasteiger partial charge in [-0.3, -0.25) is 5.10 Å². The van der Waals surface area contributed by atoms with Crippen LogP contribution < -0.4 is 4.72 Å². The van der Waals surface area contributed by atoms with Crippen LogP contribution in [-0.4, -0.2) is 25.2 Å². The Morgan fingerprint density at radius 3 is 2.78 bits per heavy atom. The molecular formula is C12H21N3O2S. The Morgan fingerprint density at radius 1 is 1.44 bits per heavy atom. The molecule has 2 rings (SSSR count).